The third-order valence-corrected chi connectivity index (χ3v) is 4.43. The van der Waals surface area contributed by atoms with E-state index in [1.54, 1.807) is 30.6 Å². The van der Waals surface area contributed by atoms with Crippen LogP contribution in [0.3, 0.4) is 0 Å². The Bertz CT molecular complexity index is 977. The number of halogens is 2. The van der Waals surface area contributed by atoms with Crippen molar-refractivity contribution in [1.29, 1.82) is 0 Å². The number of aromatic nitrogens is 3. The molecule has 0 saturated heterocycles. The minimum atomic E-state index is -4.01. The molecule has 12 heteroatoms. The number of hydrogen-bond donors (Lipinski definition) is 3. The number of nitro groups is 1. The van der Waals surface area contributed by atoms with Gasteiger partial charge in [-0.05, 0) is 18.2 Å². The molecule has 2 heterocycles. The maximum atomic E-state index is 10.9. The van der Waals surface area contributed by atoms with Gasteiger partial charge < -0.3 is 14.8 Å². The first-order valence-electron chi connectivity index (χ1n) is 7.25. The van der Waals surface area contributed by atoms with Crippen molar-refractivity contribution in [3.63, 3.8) is 0 Å². The van der Waals surface area contributed by atoms with Crippen LogP contribution < -0.4 is 0 Å². The molecule has 0 fully saturated rings. The highest BCUT2D eigenvalue weighted by Gasteiger charge is 2.21. The third kappa shape index (κ3) is 6.13. The number of nitrogens with zero attached hydrogens (tertiary/aromatic N) is 3. The van der Waals surface area contributed by atoms with E-state index in [9.17, 15) is 14.7 Å². The highest BCUT2D eigenvalue weighted by molar-refractivity contribution is 7.50. The minimum Gasteiger partial charge on any atom is -0.366 e. The number of benzene rings is 1. The SMILES string of the molecule is O=P(O)(O)Cc1ncccn1.O=[N+]([O-])c1c(Cl)cccc1-c1c[nH]cc1Cl. The van der Waals surface area contributed by atoms with Crippen molar-refractivity contribution in [2.24, 2.45) is 0 Å². The molecule has 0 saturated carbocycles. The van der Waals surface area contributed by atoms with Gasteiger partial charge in [0.1, 0.15) is 17.0 Å². The summed E-state index contributed by atoms with van der Waals surface area (Å²) in [6, 6.07) is 6.32. The van der Waals surface area contributed by atoms with Gasteiger partial charge in [-0.15, -0.1) is 0 Å². The molecule has 9 nitrogen and oxygen atoms in total. The maximum absolute atomic E-state index is 10.9. The Morgan fingerprint density at radius 1 is 1.07 bits per heavy atom. The molecule has 0 aliphatic rings. The zero-order valence-electron chi connectivity index (χ0n) is 13.5. The lowest BCUT2D eigenvalue weighted by Crippen LogP contribution is -1.93. The van der Waals surface area contributed by atoms with Gasteiger partial charge in [-0.1, -0.05) is 29.3 Å². The Morgan fingerprint density at radius 3 is 2.26 bits per heavy atom. The van der Waals surface area contributed by atoms with Crippen molar-refractivity contribution in [1.82, 2.24) is 15.0 Å². The maximum Gasteiger partial charge on any atom is 0.333 e. The number of rotatable bonds is 4. The molecular formula is C15H13Cl2N4O5P. The van der Waals surface area contributed by atoms with Crippen molar-refractivity contribution in [2.75, 3.05) is 0 Å². The number of nitrogens with one attached hydrogen (secondary N) is 1. The van der Waals surface area contributed by atoms with E-state index in [1.165, 1.54) is 18.5 Å². The van der Waals surface area contributed by atoms with Gasteiger partial charge in [0, 0.05) is 30.4 Å². The molecule has 3 N–H and O–H groups in total. The van der Waals surface area contributed by atoms with Gasteiger partial charge in [0.25, 0.3) is 5.69 Å². The third-order valence-electron chi connectivity index (χ3n) is 3.12. The topological polar surface area (TPSA) is 142 Å². The predicted molar refractivity (Wildman–Crippen MR) is 101 cm³/mol. The summed E-state index contributed by atoms with van der Waals surface area (Å²) in [6.07, 6.45) is 5.65. The summed E-state index contributed by atoms with van der Waals surface area (Å²) >= 11 is 11.7. The summed E-state index contributed by atoms with van der Waals surface area (Å²) in [5, 5.41) is 11.4. The first-order valence-corrected chi connectivity index (χ1v) is 9.80. The van der Waals surface area contributed by atoms with E-state index < -0.39 is 18.7 Å². The van der Waals surface area contributed by atoms with Gasteiger partial charge in [0.15, 0.2) is 0 Å². The van der Waals surface area contributed by atoms with Crippen molar-refractivity contribution in [3.05, 3.63) is 75.0 Å². The molecule has 0 unspecified atom stereocenters. The molecule has 0 amide bonds. The van der Waals surface area contributed by atoms with E-state index in [4.69, 9.17) is 33.0 Å². The Balaban J connectivity index is 0.000000208. The molecular weight excluding hydrogens is 418 g/mol. The molecule has 0 spiro atoms. The van der Waals surface area contributed by atoms with E-state index in [2.05, 4.69) is 15.0 Å². The van der Waals surface area contributed by atoms with E-state index in [0.29, 0.717) is 16.1 Å². The van der Waals surface area contributed by atoms with Gasteiger partial charge in [0.05, 0.1) is 15.5 Å². The second-order valence-corrected chi connectivity index (χ2v) is 7.56. The van der Waals surface area contributed by atoms with Crippen molar-refractivity contribution in [3.8, 4) is 11.1 Å². The molecule has 142 valence electrons. The highest BCUT2D eigenvalue weighted by atomic mass is 35.5. The van der Waals surface area contributed by atoms with E-state index in [-0.39, 0.29) is 16.5 Å². The fourth-order valence-corrected chi connectivity index (χ4v) is 3.06. The average Bonchev–Trinajstić information content (AvgIpc) is 3.00. The lowest BCUT2D eigenvalue weighted by Gasteiger charge is -2.02. The molecule has 1 aromatic carbocycles. The monoisotopic (exact) mass is 430 g/mol. The van der Waals surface area contributed by atoms with E-state index >= 15 is 0 Å². The second-order valence-electron chi connectivity index (χ2n) is 5.10. The fourth-order valence-electron chi connectivity index (χ4n) is 2.07. The van der Waals surface area contributed by atoms with Crippen molar-refractivity contribution < 1.29 is 19.3 Å². The van der Waals surface area contributed by atoms with Gasteiger partial charge in [-0.3, -0.25) is 14.7 Å². The molecule has 0 aliphatic heterocycles. The summed E-state index contributed by atoms with van der Waals surface area (Å²) in [4.78, 5) is 37.5. The molecule has 0 atom stereocenters. The van der Waals surface area contributed by atoms with E-state index in [0.717, 1.165) is 0 Å². The largest absolute Gasteiger partial charge is 0.366 e. The van der Waals surface area contributed by atoms with Crippen LogP contribution in [0.1, 0.15) is 5.82 Å². The molecule has 2 aromatic heterocycles. The smallest absolute Gasteiger partial charge is 0.333 e. The number of nitro benzene ring substituents is 1. The summed E-state index contributed by atoms with van der Waals surface area (Å²) in [6.45, 7) is 0. The van der Waals surface area contributed by atoms with Gasteiger partial charge >= 0.3 is 7.60 Å². The fraction of sp³-hybridized carbons (Fsp3) is 0.0667. The van der Waals surface area contributed by atoms with Crippen LogP contribution in [0.25, 0.3) is 11.1 Å². The lowest BCUT2D eigenvalue weighted by molar-refractivity contribution is -0.384. The van der Waals surface area contributed by atoms with Crippen molar-refractivity contribution >= 4 is 36.5 Å². The Morgan fingerprint density at radius 2 is 1.74 bits per heavy atom. The van der Waals surface area contributed by atoms with Gasteiger partial charge in [-0.25, -0.2) is 9.97 Å². The lowest BCUT2D eigenvalue weighted by atomic mass is 10.1. The number of aromatic amines is 1. The normalized spacial score (nSPS) is 10.8. The number of H-pyrrole nitrogens is 1. The zero-order chi connectivity index (χ0) is 20.0. The van der Waals surface area contributed by atoms with Crippen LogP contribution in [0.15, 0.2) is 49.1 Å². The molecule has 27 heavy (non-hydrogen) atoms. The Hall–Kier alpha value is -2.29. The standard InChI is InChI=1S/C10H6Cl2N2O2.C5H7N2O3P/c11-8-3-1-2-6(10(8)14(15)16)7-4-13-5-9(7)12;8-11(9,10)4-5-6-2-1-3-7-5/h1-5,13H;1-3H,4H2,(H2,8,9,10). The summed E-state index contributed by atoms with van der Waals surface area (Å²) in [7, 11) is -4.01. The van der Waals surface area contributed by atoms with Crippen LogP contribution in [0.5, 0.6) is 0 Å². The summed E-state index contributed by atoms with van der Waals surface area (Å²) in [5.41, 5.74) is 0.838. The quantitative estimate of drug-likeness (QED) is 0.321. The number of hydrogen-bond acceptors (Lipinski definition) is 5. The molecule has 0 radical (unpaired) electrons. The van der Waals surface area contributed by atoms with Crippen LogP contribution in [0.4, 0.5) is 5.69 Å². The summed E-state index contributed by atoms with van der Waals surface area (Å²) in [5.74, 6) is 0.167. The Kier molecular flexibility index (Phi) is 7.06. The molecule has 3 aromatic rings. The highest BCUT2D eigenvalue weighted by Crippen LogP contribution is 2.39. The van der Waals surface area contributed by atoms with Crippen LogP contribution in [0.2, 0.25) is 10.0 Å². The Labute approximate surface area is 163 Å². The van der Waals surface area contributed by atoms with Crippen LogP contribution in [0, 0.1) is 10.1 Å². The van der Waals surface area contributed by atoms with Crippen molar-refractivity contribution in [2.45, 2.75) is 6.16 Å². The zero-order valence-corrected chi connectivity index (χ0v) is 15.9. The van der Waals surface area contributed by atoms with E-state index in [1.807, 2.05) is 0 Å². The second kappa shape index (κ2) is 9.07. The molecule has 3 rings (SSSR count). The average molecular weight is 431 g/mol. The minimum absolute atomic E-state index is 0.0970. The number of para-hydroxylation sites is 1. The first-order chi connectivity index (χ1) is 12.7. The summed E-state index contributed by atoms with van der Waals surface area (Å²) < 4.78 is 10.4. The predicted octanol–water partition coefficient (Wildman–Crippen LogP) is 4.05. The van der Waals surface area contributed by atoms with Gasteiger partial charge in [-0.2, -0.15) is 0 Å². The first kappa shape index (κ1) is 21.0. The van der Waals surface area contributed by atoms with Crippen LogP contribution in [-0.4, -0.2) is 29.7 Å². The molecule has 0 bridgehead atoms. The van der Waals surface area contributed by atoms with Crippen LogP contribution >= 0.6 is 30.8 Å². The van der Waals surface area contributed by atoms with Crippen LogP contribution in [-0.2, 0) is 10.7 Å². The molecule has 0 aliphatic carbocycles. The van der Waals surface area contributed by atoms with Gasteiger partial charge in [0.2, 0.25) is 0 Å².